The summed E-state index contributed by atoms with van der Waals surface area (Å²) in [6.07, 6.45) is 1.16. The minimum Gasteiger partial charge on any atom is -0.329 e. The second-order valence-electron chi connectivity index (χ2n) is 5.80. The predicted molar refractivity (Wildman–Crippen MR) is 102 cm³/mol. The molecular formula is C18H16ClN3O3S. The van der Waals surface area contributed by atoms with Gasteiger partial charge in [-0.3, -0.25) is 4.79 Å². The van der Waals surface area contributed by atoms with E-state index in [9.17, 15) is 13.2 Å². The van der Waals surface area contributed by atoms with E-state index in [-0.39, 0.29) is 10.8 Å². The number of carbonyl (C=O) groups excluding carboxylic acids is 1. The van der Waals surface area contributed by atoms with Crippen molar-refractivity contribution in [2.75, 3.05) is 11.6 Å². The molecule has 0 unspecified atom stereocenters. The average molecular weight is 390 g/mol. The van der Waals surface area contributed by atoms with Crippen molar-refractivity contribution in [1.29, 1.82) is 0 Å². The van der Waals surface area contributed by atoms with Crippen LogP contribution in [0.4, 0.5) is 5.69 Å². The van der Waals surface area contributed by atoms with Gasteiger partial charge < -0.3 is 10.3 Å². The molecule has 0 aliphatic carbocycles. The Labute approximate surface area is 156 Å². The zero-order valence-corrected chi connectivity index (χ0v) is 15.6. The summed E-state index contributed by atoms with van der Waals surface area (Å²) in [5, 5.41) is 3.07. The third-order valence-corrected chi connectivity index (χ3v) is 5.10. The quantitative estimate of drug-likeness (QED) is 0.710. The first-order valence-electron chi connectivity index (χ1n) is 7.68. The number of nitrogens with one attached hydrogen (secondary N) is 2. The minimum atomic E-state index is -3.25. The molecule has 6 nitrogen and oxygen atoms in total. The molecule has 0 bridgehead atoms. The van der Waals surface area contributed by atoms with Gasteiger partial charge in [0.2, 0.25) is 5.91 Å². The van der Waals surface area contributed by atoms with Crippen molar-refractivity contribution < 1.29 is 13.2 Å². The number of amides is 1. The number of carbonyl (C=O) groups is 1. The number of hydrogen-bond acceptors (Lipinski definition) is 4. The SMILES string of the molecule is CC(=O)Nc1ccc(-c2nc(-c3ccc(S(C)(=O)=O)cc3)[nH]c2Cl)cc1. The van der Waals surface area contributed by atoms with Crippen molar-refractivity contribution in [1.82, 2.24) is 9.97 Å². The Morgan fingerprint density at radius 1 is 1.04 bits per heavy atom. The summed E-state index contributed by atoms with van der Waals surface area (Å²) in [5.74, 6) is 0.395. The number of H-pyrrole nitrogens is 1. The highest BCUT2D eigenvalue weighted by Gasteiger charge is 2.13. The van der Waals surface area contributed by atoms with E-state index in [1.807, 2.05) is 12.1 Å². The molecule has 3 rings (SSSR count). The van der Waals surface area contributed by atoms with Crippen molar-refractivity contribution in [3.63, 3.8) is 0 Å². The van der Waals surface area contributed by atoms with E-state index >= 15 is 0 Å². The average Bonchev–Trinajstić information content (AvgIpc) is 2.96. The highest BCUT2D eigenvalue weighted by atomic mass is 35.5. The molecule has 134 valence electrons. The normalized spacial score (nSPS) is 11.3. The van der Waals surface area contributed by atoms with E-state index in [2.05, 4.69) is 15.3 Å². The molecule has 0 spiro atoms. The number of hydrogen-bond donors (Lipinski definition) is 2. The number of aromatic nitrogens is 2. The predicted octanol–water partition coefficient (Wildman–Crippen LogP) is 3.76. The van der Waals surface area contributed by atoms with Gasteiger partial charge in [-0.2, -0.15) is 0 Å². The zero-order valence-electron chi connectivity index (χ0n) is 14.1. The van der Waals surface area contributed by atoms with Crippen LogP contribution in [0.3, 0.4) is 0 Å². The number of rotatable bonds is 4. The first-order valence-corrected chi connectivity index (χ1v) is 9.95. The number of benzene rings is 2. The second-order valence-corrected chi connectivity index (χ2v) is 8.20. The van der Waals surface area contributed by atoms with Gasteiger partial charge in [0, 0.05) is 30.0 Å². The van der Waals surface area contributed by atoms with Crippen LogP contribution in [0.15, 0.2) is 53.4 Å². The highest BCUT2D eigenvalue weighted by molar-refractivity contribution is 7.90. The van der Waals surface area contributed by atoms with Crippen LogP contribution >= 0.6 is 11.6 Å². The molecule has 2 aromatic carbocycles. The van der Waals surface area contributed by atoms with Gasteiger partial charge in [-0.25, -0.2) is 13.4 Å². The van der Waals surface area contributed by atoms with Gasteiger partial charge in [-0.05, 0) is 36.4 Å². The number of nitrogens with zero attached hydrogens (tertiary/aromatic N) is 1. The molecule has 1 aromatic heterocycles. The highest BCUT2D eigenvalue weighted by Crippen LogP contribution is 2.30. The van der Waals surface area contributed by atoms with Gasteiger partial charge in [-0.1, -0.05) is 23.7 Å². The van der Waals surface area contributed by atoms with Gasteiger partial charge in [0.15, 0.2) is 9.84 Å². The first-order chi connectivity index (χ1) is 12.2. The van der Waals surface area contributed by atoms with Crippen LogP contribution < -0.4 is 5.32 Å². The fourth-order valence-electron chi connectivity index (χ4n) is 2.45. The monoisotopic (exact) mass is 389 g/mol. The Bertz CT molecular complexity index is 1060. The Morgan fingerprint density at radius 3 is 2.15 bits per heavy atom. The van der Waals surface area contributed by atoms with Crippen molar-refractivity contribution in [2.24, 2.45) is 0 Å². The van der Waals surface area contributed by atoms with E-state index in [1.165, 1.54) is 19.1 Å². The van der Waals surface area contributed by atoms with Gasteiger partial charge in [-0.15, -0.1) is 0 Å². The van der Waals surface area contributed by atoms with Gasteiger partial charge in [0.1, 0.15) is 16.7 Å². The van der Waals surface area contributed by atoms with E-state index in [0.29, 0.717) is 22.4 Å². The molecular weight excluding hydrogens is 374 g/mol. The summed E-state index contributed by atoms with van der Waals surface area (Å²) in [6.45, 7) is 1.44. The van der Waals surface area contributed by atoms with Crippen molar-refractivity contribution >= 4 is 33.0 Å². The summed E-state index contributed by atoms with van der Waals surface area (Å²) in [5.41, 5.74) is 2.77. The molecule has 1 heterocycles. The largest absolute Gasteiger partial charge is 0.329 e. The van der Waals surface area contributed by atoms with Crippen LogP contribution in [0.25, 0.3) is 22.6 Å². The smallest absolute Gasteiger partial charge is 0.221 e. The molecule has 2 N–H and O–H groups in total. The number of halogens is 1. The standard InChI is InChI=1S/C18H16ClN3O3S/c1-11(23)20-14-7-3-12(4-8-14)16-17(19)22-18(21-16)13-5-9-15(10-6-13)26(2,24)25/h3-10H,1-2H3,(H,20,23)(H,21,22). The lowest BCUT2D eigenvalue weighted by Crippen LogP contribution is -2.05. The van der Waals surface area contributed by atoms with Crippen molar-refractivity contribution in [3.05, 3.63) is 53.7 Å². The lowest BCUT2D eigenvalue weighted by molar-refractivity contribution is -0.114. The van der Waals surface area contributed by atoms with Crippen LogP contribution in [-0.2, 0) is 14.6 Å². The fraction of sp³-hybridized carbons (Fsp3) is 0.111. The van der Waals surface area contributed by atoms with E-state index in [1.54, 1.807) is 24.3 Å². The molecule has 3 aromatic rings. The third-order valence-electron chi connectivity index (χ3n) is 3.69. The van der Waals surface area contributed by atoms with E-state index < -0.39 is 9.84 Å². The second kappa shape index (κ2) is 6.93. The maximum Gasteiger partial charge on any atom is 0.221 e. The van der Waals surface area contributed by atoms with E-state index in [0.717, 1.165) is 17.4 Å². The Morgan fingerprint density at radius 2 is 1.62 bits per heavy atom. The number of sulfone groups is 1. The van der Waals surface area contributed by atoms with Crippen LogP contribution in [-0.4, -0.2) is 30.5 Å². The Hall–Kier alpha value is -2.64. The summed E-state index contributed by atoms with van der Waals surface area (Å²) >= 11 is 6.27. The summed E-state index contributed by atoms with van der Waals surface area (Å²) in [7, 11) is -3.25. The Kier molecular flexibility index (Phi) is 4.84. The number of aromatic amines is 1. The lowest BCUT2D eigenvalue weighted by atomic mass is 10.1. The van der Waals surface area contributed by atoms with Crippen molar-refractivity contribution in [2.45, 2.75) is 11.8 Å². The van der Waals surface area contributed by atoms with Crippen LogP contribution in [0.1, 0.15) is 6.92 Å². The lowest BCUT2D eigenvalue weighted by Gasteiger charge is -2.03. The number of anilines is 1. The summed E-state index contributed by atoms with van der Waals surface area (Å²) < 4.78 is 23.1. The maximum atomic E-state index is 11.5. The van der Waals surface area contributed by atoms with Crippen LogP contribution in [0.5, 0.6) is 0 Å². The van der Waals surface area contributed by atoms with E-state index in [4.69, 9.17) is 11.6 Å². The van der Waals surface area contributed by atoms with Crippen LogP contribution in [0, 0.1) is 0 Å². The molecule has 0 aliphatic rings. The molecule has 8 heteroatoms. The molecule has 0 aliphatic heterocycles. The fourth-order valence-corrected chi connectivity index (χ4v) is 3.33. The van der Waals surface area contributed by atoms with Crippen LogP contribution in [0.2, 0.25) is 5.15 Å². The first kappa shape index (κ1) is 18.2. The molecule has 0 fully saturated rings. The van der Waals surface area contributed by atoms with Gasteiger partial charge in [0.05, 0.1) is 4.90 Å². The summed E-state index contributed by atoms with van der Waals surface area (Å²) in [4.78, 5) is 18.8. The molecule has 1 amide bonds. The Balaban J connectivity index is 1.90. The molecule has 0 saturated heterocycles. The van der Waals surface area contributed by atoms with Gasteiger partial charge in [0.25, 0.3) is 0 Å². The molecule has 26 heavy (non-hydrogen) atoms. The maximum absolute atomic E-state index is 11.5. The van der Waals surface area contributed by atoms with Crippen molar-refractivity contribution in [3.8, 4) is 22.6 Å². The zero-order chi connectivity index (χ0) is 18.9. The minimum absolute atomic E-state index is 0.143. The van der Waals surface area contributed by atoms with Gasteiger partial charge >= 0.3 is 0 Å². The molecule has 0 atom stereocenters. The topological polar surface area (TPSA) is 91.9 Å². The number of imidazole rings is 1. The summed E-state index contributed by atoms with van der Waals surface area (Å²) in [6, 6.07) is 13.6. The molecule has 0 saturated carbocycles. The molecule has 0 radical (unpaired) electrons. The third kappa shape index (κ3) is 3.95.